The maximum atomic E-state index is 12.4. The molecule has 30 heavy (non-hydrogen) atoms. The van der Waals surface area contributed by atoms with Crippen LogP contribution >= 0.6 is 11.6 Å². The van der Waals surface area contributed by atoms with Gasteiger partial charge in [0, 0.05) is 17.1 Å². The molecular formula is C20H21ClN2O7. The third kappa shape index (κ3) is 5.84. The number of hydrogen-bond acceptors (Lipinski definition) is 7. The van der Waals surface area contributed by atoms with E-state index in [0.29, 0.717) is 0 Å². The Morgan fingerprint density at radius 2 is 1.73 bits per heavy atom. The van der Waals surface area contributed by atoms with E-state index in [2.05, 4.69) is 5.32 Å². The molecule has 0 saturated carbocycles. The lowest BCUT2D eigenvalue weighted by Gasteiger charge is -2.16. The Kier molecular flexibility index (Phi) is 7.60. The van der Waals surface area contributed by atoms with Crippen molar-refractivity contribution in [3.63, 3.8) is 0 Å². The Hall–Kier alpha value is -3.33. The number of benzene rings is 2. The first-order valence-corrected chi connectivity index (χ1v) is 9.31. The molecule has 0 aliphatic rings. The first-order valence-electron chi connectivity index (χ1n) is 8.93. The highest BCUT2D eigenvalue weighted by molar-refractivity contribution is 6.30. The number of carbonyl (C=O) groups excluding carboxylic acids is 2. The van der Waals surface area contributed by atoms with E-state index >= 15 is 0 Å². The van der Waals surface area contributed by atoms with Crippen molar-refractivity contribution in [2.45, 2.75) is 32.9 Å². The Bertz CT molecular complexity index is 962. The number of halogens is 1. The smallest absolute Gasteiger partial charge is 0.339 e. The maximum absolute atomic E-state index is 12.4. The molecule has 0 fully saturated rings. The zero-order valence-electron chi connectivity index (χ0n) is 16.8. The van der Waals surface area contributed by atoms with Crippen molar-refractivity contribution >= 4 is 29.2 Å². The van der Waals surface area contributed by atoms with Crippen molar-refractivity contribution in [3.8, 4) is 17.2 Å². The molecule has 0 radical (unpaired) electrons. The molecule has 0 aromatic heterocycles. The molecule has 2 rings (SSSR count). The number of nitro groups is 1. The van der Waals surface area contributed by atoms with Gasteiger partial charge >= 0.3 is 11.7 Å². The van der Waals surface area contributed by atoms with Crippen molar-refractivity contribution in [1.29, 1.82) is 0 Å². The summed E-state index contributed by atoms with van der Waals surface area (Å²) in [7, 11) is 1.35. The first kappa shape index (κ1) is 23.0. The lowest BCUT2D eigenvalue weighted by atomic mass is 10.2. The molecule has 0 heterocycles. The summed E-state index contributed by atoms with van der Waals surface area (Å²) in [6, 6.07) is 8.04. The zero-order chi connectivity index (χ0) is 22.4. The van der Waals surface area contributed by atoms with Crippen LogP contribution in [-0.2, 0) is 9.53 Å². The average molecular weight is 437 g/mol. The van der Waals surface area contributed by atoms with Crippen LogP contribution in [0.3, 0.4) is 0 Å². The summed E-state index contributed by atoms with van der Waals surface area (Å²) in [5.41, 5.74) is -0.202. The highest BCUT2D eigenvalue weighted by atomic mass is 35.5. The highest BCUT2D eigenvalue weighted by Gasteiger charge is 2.22. The molecule has 0 aliphatic heterocycles. The van der Waals surface area contributed by atoms with E-state index in [-0.39, 0.29) is 39.6 Å². The van der Waals surface area contributed by atoms with Crippen LogP contribution < -0.4 is 14.8 Å². The number of nitro benzene ring substituents is 1. The highest BCUT2D eigenvalue weighted by Crippen LogP contribution is 2.38. The van der Waals surface area contributed by atoms with E-state index < -0.39 is 22.9 Å². The molecule has 0 aliphatic carbocycles. The van der Waals surface area contributed by atoms with Crippen LogP contribution in [0.2, 0.25) is 5.02 Å². The fourth-order valence-corrected chi connectivity index (χ4v) is 2.57. The third-order valence-corrected chi connectivity index (χ3v) is 4.06. The summed E-state index contributed by atoms with van der Waals surface area (Å²) in [5.74, 6) is -0.904. The minimum Gasteiger partial charge on any atom is -0.493 e. The van der Waals surface area contributed by atoms with E-state index in [1.54, 1.807) is 13.8 Å². The minimum absolute atomic E-state index is 0.0444. The molecule has 1 N–H and O–H groups in total. The van der Waals surface area contributed by atoms with Gasteiger partial charge in [-0.15, -0.1) is 0 Å². The number of rotatable bonds is 8. The van der Waals surface area contributed by atoms with Crippen LogP contribution in [0, 0.1) is 10.1 Å². The Labute approximate surface area is 178 Å². The normalized spacial score (nSPS) is 11.5. The van der Waals surface area contributed by atoms with Gasteiger partial charge in [0.25, 0.3) is 5.91 Å². The Morgan fingerprint density at radius 3 is 2.33 bits per heavy atom. The van der Waals surface area contributed by atoms with Gasteiger partial charge in [0.05, 0.1) is 17.6 Å². The van der Waals surface area contributed by atoms with E-state index in [1.807, 2.05) is 0 Å². The molecule has 1 unspecified atom stereocenters. The molecule has 0 spiro atoms. The average Bonchev–Trinajstić information content (AvgIpc) is 2.68. The number of methoxy groups -OCH3 is 1. The van der Waals surface area contributed by atoms with E-state index in [1.165, 1.54) is 50.4 Å². The van der Waals surface area contributed by atoms with E-state index in [4.69, 9.17) is 25.8 Å². The van der Waals surface area contributed by atoms with E-state index in [9.17, 15) is 19.7 Å². The van der Waals surface area contributed by atoms with Gasteiger partial charge in [0.1, 0.15) is 0 Å². The summed E-state index contributed by atoms with van der Waals surface area (Å²) >= 11 is 5.80. The number of ether oxygens (including phenoxy) is 3. The molecule has 0 saturated heterocycles. The third-order valence-electron chi connectivity index (χ3n) is 3.82. The summed E-state index contributed by atoms with van der Waals surface area (Å²) in [4.78, 5) is 34.9. The number of carbonyl (C=O) groups is 2. The molecule has 1 amide bonds. The van der Waals surface area contributed by atoms with Crippen molar-refractivity contribution < 1.29 is 28.7 Å². The standard InChI is InChI=1S/C20H21ClN2O7/c1-11(2)22-19(24)12(3)29-20(25)13-5-7-17(18(9-13)28-4)30-16-8-6-14(21)10-15(16)23(26)27/h5-12H,1-4H3,(H,22,24). The summed E-state index contributed by atoms with van der Waals surface area (Å²) < 4.78 is 16.0. The van der Waals surface area contributed by atoms with Gasteiger partial charge in [-0.1, -0.05) is 11.6 Å². The van der Waals surface area contributed by atoms with Crippen LogP contribution in [0.1, 0.15) is 31.1 Å². The monoisotopic (exact) mass is 436 g/mol. The lowest BCUT2D eigenvalue weighted by Crippen LogP contribution is -2.39. The van der Waals surface area contributed by atoms with Crippen LogP contribution in [0.15, 0.2) is 36.4 Å². The zero-order valence-corrected chi connectivity index (χ0v) is 17.6. The number of amides is 1. The second-order valence-corrected chi connectivity index (χ2v) is 6.98. The number of nitrogens with zero attached hydrogens (tertiary/aromatic N) is 1. The largest absolute Gasteiger partial charge is 0.493 e. The van der Waals surface area contributed by atoms with Gasteiger partial charge in [-0.2, -0.15) is 0 Å². The summed E-state index contributed by atoms with van der Waals surface area (Å²) in [6.45, 7) is 5.05. The maximum Gasteiger partial charge on any atom is 0.339 e. The number of hydrogen-bond donors (Lipinski definition) is 1. The van der Waals surface area contributed by atoms with Crippen molar-refractivity contribution in [1.82, 2.24) is 5.32 Å². The molecule has 0 bridgehead atoms. The second kappa shape index (κ2) is 9.93. The quantitative estimate of drug-likeness (QED) is 0.375. The summed E-state index contributed by atoms with van der Waals surface area (Å²) in [5, 5.41) is 14.1. The fourth-order valence-electron chi connectivity index (χ4n) is 2.40. The predicted molar refractivity (Wildman–Crippen MR) is 109 cm³/mol. The van der Waals surface area contributed by atoms with Crippen LogP contribution in [0.4, 0.5) is 5.69 Å². The topological polar surface area (TPSA) is 117 Å². The SMILES string of the molecule is COc1cc(C(=O)OC(C)C(=O)NC(C)C)ccc1Oc1ccc(Cl)cc1[N+](=O)[O-]. The lowest BCUT2D eigenvalue weighted by molar-refractivity contribution is -0.385. The Morgan fingerprint density at radius 1 is 1.07 bits per heavy atom. The Balaban J connectivity index is 2.22. The van der Waals surface area contributed by atoms with Crippen LogP contribution in [-0.4, -0.2) is 36.1 Å². The van der Waals surface area contributed by atoms with Gasteiger partial charge in [-0.25, -0.2) is 4.79 Å². The van der Waals surface area contributed by atoms with Gasteiger partial charge < -0.3 is 19.5 Å². The molecule has 2 aromatic rings. The minimum atomic E-state index is -0.987. The van der Waals surface area contributed by atoms with Crippen LogP contribution in [0.25, 0.3) is 0 Å². The molecule has 9 nitrogen and oxygen atoms in total. The molecule has 10 heteroatoms. The second-order valence-electron chi connectivity index (χ2n) is 6.55. The van der Waals surface area contributed by atoms with Crippen molar-refractivity contribution in [2.24, 2.45) is 0 Å². The summed E-state index contributed by atoms with van der Waals surface area (Å²) in [6.07, 6.45) is -0.987. The number of nitrogens with one attached hydrogen (secondary N) is 1. The molecule has 160 valence electrons. The van der Waals surface area contributed by atoms with E-state index in [0.717, 1.165) is 0 Å². The van der Waals surface area contributed by atoms with Crippen molar-refractivity contribution in [2.75, 3.05) is 7.11 Å². The molecule has 2 aromatic carbocycles. The van der Waals surface area contributed by atoms with Crippen LogP contribution in [0.5, 0.6) is 17.2 Å². The number of esters is 1. The van der Waals surface area contributed by atoms with Gasteiger partial charge in [0.15, 0.2) is 17.6 Å². The molecular weight excluding hydrogens is 416 g/mol. The van der Waals surface area contributed by atoms with Gasteiger partial charge in [-0.05, 0) is 51.1 Å². The fraction of sp³-hybridized carbons (Fsp3) is 0.300. The predicted octanol–water partition coefficient (Wildman–Crippen LogP) is 4.12. The van der Waals surface area contributed by atoms with Crippen molar-refractivity contribution in [3.05, 3.63) is 57.1 Å². The van der Waals surface area contributed by atoms with Gasteiger partial charge in [-0.3, -0.25) is 14.9 Å². The first-order chi connectivity index (χ1) is 14.1. The van der Waals surface area contributed by atoms with Gasteiger partial charge in [0.2, 0.25) is 5.75 Å². The molecule has 1 atom stereocenters.